The van der Waals surface area contributed by atoms with E-state index in [1.807, 2.05) is 86.6 Å². The second-order valence-electron chi connectivity index (χ2n) is 8.81. The van der Waals surface area contributed by atoms with Gasteiger partial charge in [-0.15, -0.1) is 0 Å². The molecule has 0 aromatic heterocycles. The second kappa shape index (κ2) is 12.3. The van der Waals surface area contributed by atoms with Gasteiger partial charge in [-0.3, -0.25) is 0 Å². The number of benzene rings is 4. The third-order valence-electron chi connectivity index (χ3n) is 6.31. The van der Waals surface area contributed by atoms with Gasteiger partial charge in [-0.05, 0) is 48.2 Å². The number of ether oxygens (including phenoxy) is 6. The van der Waals surface area contributed by atoms with Crippen LogP contribution in [0.15, 0.2) is 72.8 Å². The van der Waals surface area contributed by atoms with E-state index < -0.39 is 0 Å². The molecule has 0 spiro atoms. The van der Waals surface area contributed by atoms with Gasteiger partial charge in [0.1, 0.15) is 24.7 Å². The van der Waals surface area contributed by atoms with Gasteiger partial charge in [0.05, 0.1) is 39.6 Å². The molecule has 0 amide bonds. The molecular formula is C32H34O6. The molecule has 0 heterocycles. The lowest BCUT2D eigenvalue weighted by molar-refractivity contribution is 0.294. The quantitative estimate of drug-likeness (QED) is 0.212. The van der Waals surface area contributed by atoms with E-state index >= 15 is 0 Å². The topological polar surface area (TPSA) is 55.4 Å². The largest absolute Gasteiger partial charge is 0.493 e. The maximum atomic E-state index is 6.43. The molecule has 38 heavy (non-hydrogen) atoms. The fourth-order valence-corrected chi connectivity index (χ4v) is 4.55. The van der Waals surface area contributed by atoms with E-state index in [9.17, 15) is 0 Å². The molecule has 6 heteroatoms. The van der Waals surface area contributed by atoms with Crippen molar-refractivity contribution < 1.29 is 28.4 Å². The van der Waals surface area contributed by atoms with Gasteiger partial charge in [0.15, 0.2) is 23.0 Å². The number of hydrogen-bond donors (Lipinski definition) is 0. The number of methoxy groups -OCH3 is 4. The third kappa shape index (κ3) is 5.49. The monoisotopic (exact) mass is 514 g/mol. The molecule has 198 valence electrons. The standard InChI is InChI=1S/C32H34O6/c1-21-17-25(37-19-23-13-9-7-10-14-23)27(31(35-5)29(21)33-3)28-26(38-20-24-15-11-8-12-16-24)18-22(2)30(34-4)32(28)36-6/h7-18H,19-20H2,1-6H3. The highest BCUT2D eigenvalue weighted by Gasteiger charge is 2.29. The summed E-state index contributed by atoms with van der Waals surface area (Å²) in [5.41, 5.74) is 5.15. The van der Waals surface area contributed by atoms with Gasteiger partial charge < -0.3 is 28.4 Å². The summed E-state index contributed by atoms with van der Waals surface area (Å²) in [5, 5.41) is 0. The molecule has 0 unspecified atom stereocenters. The van der Waals surface area contributed by atoms with Crippen molar-refractivity contribution >= 4 is 0 Å². The van der Waals surface area contributed by atoms with Crippen LogP contribution in [0.2, 0.25) is 0 Å². The van der Waals surface area contributed by atoms with Crippen LogP contribution in [0.4, 0.5) is 0 Å². The first-order valence-corrected chi connectivity index (χ1v) is 12.4. The molecule has 0 bridgehead atoms. The van der Waals surface area contributed by atoms with Crippen LogP contribution in [0.5, 0.6) is 34.5 Å². The SMILES string of the molecule is COc1c(C)cc(OCc2ccccc2)c(-c2c(OCc3ccccc3)cc(C)c(OC)c2OC)c1OC. The fourth-order valence-electron chi connectivity index (χ4n) is 4.55. The Morgan fingerprint density at radius 1 is 0.474 bits per heavy atom. The van der Waals surface area contributed by atoms with Crippen molar-refractivity contribution in [3.05, 3.63) is 95.1 Å². The molecule has 0 saturated carbocycles. The summed E-state index contributed by atoms with van der Waals surface area (Å²) in [5.74, 6) is 3.46. The zero-order valence-corrected chi connectivity index (χ0v) is 22.8. The summed E-state index contributed by atoms with van der Waals surface area (Å²) in [7, 11) is 6.48. The lowest BCUT2D eigenvalue weighted by atomic mass is 9.96. The van der Waals surface area contributed by atoms with Gasteiger partial charge >= 0.3 is 0 Å². The van der Waals surface area contributed by atoms with Gasteiger partial charge in [-0.2, -0.15) is 0 Å². The molecule has 0 aliphatic heterocycles. The van der Waals surface area contributed by atoms with Crippen molar-refractivity contribution in [1.82, 2.24) is 0 Å². The van der Waals surface area contributed by atoms with Crippen LogP contribution in [-0.2, 0) is 13.2 Å². The predicted molar refractivity (Wildman–Crippen MR) is 149 cm³/mol. The Balaban J connectivity index is 1.95. The molecule has 0 atom stereocenters. The molecule has 4 aromatic carbocycles. The maximum Gasteiger partial charge on any atom is 0.172 e. The van der Waals surface area contributed by atoms with Crippen molar-refractivity contribution in [2.75, 3.05) is 28.4 Å². The lowest BCUT2D eigenvalue weighted by Gasteiger charge is -2.24. The summed E-state index contributed by atoms with van der Waals surface area (Å²) in [6.07, 6.45) is 0. The molecular weight excluding hydrogens is 480 g/mol. The summed E-state index contributed by atoms with van der Waals surface area (Å²) in [4.78, 5) is 0. The van der Waals surface area contributed by atoms with E-state index in [4.69, 9.17) is 28.4 Å². The molecule has 0 aliphatic rings. The molecule has 4 rings (SSSR count). The van der Waals surface area contributed by atoms with Crippen LogP contribution < -0.4 is 28.4 Å². The van der Waals surface area contributed by atoms with E-state index in [1.54, 1.807) is 28.4 Å². The Morgan fingerprint density at radius 3 is 1.13 bits per heavy atom. The van der Waals surface area contributed by atoms with Crippen molar-refractivity contribution in [1.29, 1.82) is 0 Å². The second-order valence-corrected chi connectivity index (χ2v) is 8.81. The van der Waals surface area contributed by atoms with Crippen LogP contribution in [0, 0.1) is 13.8 Å². The van der Waals surface area contributed by atoms with Crippen LogP contribution in [0.3, 0.4) is 0 Å². The maximum absolute atomic E-state index is 6.43. The van der Waals surface area contributed by atoms with Gasteiger partial charge in [0.25, 0.3) is 0 Å². The highest BCUT2D eigenvalue weighted by molar-refractivity contribution is 5.90. The number of hydrogen-bond acceptors (Lipinski definition) is 6. The van der Waals surface area contributed by atoms with Crippen molar-refractivity contribution in [2.45, 2.75) is 27.1 Å². The summed E-state index contributed by atoms with van der Waals surface area (Å²) < 4.78 is 36.3. The predicted octanol–water partition coefficient (Wildman–Crippen LogP) is 7.16. The van der Waals surface area contributed by atoms with E-state index in [0.717, 1.165) is 22.3 Å². The van der Waals surface area contributed by atoms with Crippen LogP contribution in [-0.4, -0.2) is 28.4 Å². The average molecular weight is 515 g/mol. The van der Waals surface area contributed by atoms with Crippen molar-refractivity contribution in [3.8, 4) is 45.6 Å². The van der Waals surface area contributed by atoms with E-state index in [1.165, 1.54) is 0 Å². The minimum Gasteiger partial charge on any atom is -0.493 e. The Kier molecular flexibility index (Phi) is 8.64. The first-order valence-electron chi connectivity index (χ1n) is 12.4. The molecule has 0 saturated heterocycles. The molecule has 6 nitrogen and oxygen atoms in total. The Bertz CT molecular complexity index is 1260. The third-order valence-corrected chi connectivity index (χ3v) is 6.31. The van der Waals surface area contributed by atoms with E-state index in [2.05, 4.69) is 0 Å². The Labute approximate surface area is 224 Å². The first kappa shape index (κ1) is 26.7. The summed E-state index contributed by atoms with van der Waals surface area (Å²) in [6.45, 7) is 4.66. The fraction of sp³-hybridized carbons (Fsp3) is 0.250. The van der Waals surface area contributed by atoms with Gasteiger partial charge in [-0.25, -0.2) is 0 Å². The molecule has 0 fully saturated rings. The zero-order valence-electron chi connectivity index (χ0n) is 22.8. The summed E-state index contributed by atoms with van der Waals surface area (Å²) in [6, 6.07) is 23.9. The number of rotatable bonds is 11. The van der Waals surface area contributed by atoms with E-state index in [0.29, 0.717) is 58.8 Å². The zero-order chi connectivity index (χ0) is 27.1. The number of aryl methyl sites for hydroxylation is 2. The van der Waals surface area contributed by atoms with Crippen molar-refractivity contribution in [2.24, 2.45) is 0 Å². The lowest BCUT2D eigenvalue weighted by Crippen LogP contribution is -2.06. The normalized spacial score (nSPS) is 10.6. The Morgan fingerprint density at radius 2 is 0.816 bits per heavy atom. The van der Waals surface area contributed by atoms with Gasteiger partial charge in [-0.1, -0.05) is 60.7 Å². The molecule has 4 aromatic rings. The van der Waals surface area contributed by atoms with Crippen LogP contribution in [0.1, 0.15) is 22.3 Å². The minimum absolute atomic E-state index is 0.369. The Hall–Kier alpha value is -4.32. The molecule has 0 radical (unpaired) electrons. The molecule has 0 N–H and O–H groups in total. The highest BCUT2D eigenvalue weighted by Crippen LogP contribution is 2.55. The van der Waals surface area contributed by atoms with Crippen LogP contribution in [0.25, 0.3) is 11.1 Å². The highest BCUT2D eigenvalue weighted by atomic mass is 16.5. The average Bonchev–Trinajstić information content (AvgIpc) is 2.95. The van der Waals surface area contributed by atoms with Gasteiger partial charge in [0.2, 0.25) is 0 Å². The summed E-state index contributed by atoms with van der Waals surface area (Å²) >= 11 is 0. The first-order chi connectivity index (χ1) is 18.5. The van der Waals surface area contributed by atoms with E-state index in [-0.39, 0.29) is 0 Å². The van der Waals surface area contributed by atoms with Crippen molar-refractivity contribution in [3.63, 3.8) is 0 Å². The van der Waals surface area contributed by atoms with Gasteiger partial charge in [0, 0.05) is 0 Å². The smallest absolute Gasteiger partial charge is 0.172 e. The minimum atomic E-state index is 0.369. The molecule has 0 aliphatic carbocycles. The van der Waals surface area contributed by atoms with Crippen LogP contribution >= 0.6 is 0 Å².